The molecule has 0 bridgehead atoms. The number of unbranched alkanes of at least 4 members (excludes halogenated alkanes) is 3. The minimum atomic E-state index is -2.04. The van der Waals surface area contributed by atoms with Gasteiger partial charge >= 0.3 is 122 Å². The molecule has 0 amide bonds. The first-order valence-corrected chi connectivity index (χ1v) is 16.0. The number of rotatable bonds is 11. The fourth-order valence-corrected chi connectivity index (χ4v) is 21.4. The zero-order chi connectivity index (χ0) is 13.1. The molecule has 0 unspecified atom stereocenters. The SMILES string of the molecule is C=[C](CBr)[Sn]([CH2]CCC)([CH2]CCC)[CH2]CCC. The van der Waals surface area contributed by atoms with Crippen LogP contribution in [0.1, 0.15) is 59.3 Å². The van der Waals surface area contributed by atoms with Gasteiger partial charge in [-0.1, -0.05) is 0 Å². The van der Waals surface area contributed by atoms with E-state index in [9.17, 15) is 0 Å². The van der Waals surface area contributed by atoms with Crippen molar-refractivity contribution in [1.82, 2.24) is 0 Å². The van der Waals surface area contributed by atoms with Crippen LogP contribution in [0.25, 0.3) is 0 Å². The summed E-state index contributed by atoms with van der Waals surface area (Å²) >= 11 is 1.64. The molecule has 0 heterocycles. The molecule has 17 heavy (non-hydrogen) atoms. The van der Waals surface area contributed by atoms with Crippen LogP contribution in [0.4, 0.5) is 0 Å². The average Bonchev–Trinajstić information content (AvgIpc) is 2.37. The van der Waals surface area contributed by atoms with Crippen molar-refractivity contribution in [2.24, 2.45) is 0 Å². The second-order valence-electron chi connectivity index (χ2n) is 5.33. The molecule has 102 valence electrons. The molecule has 0 aromatic rings. The third kappa shape index (κ3) is 6.65. The number of allylic oxidation sites excluding steroid dienone is 1. The maximum atomic E-state index is 4.45. The molecule has 0 aromatic carbocycles. The molecule has 0 spiro atoms. The van der Waals surface area contributed by atoms with Gasteiger partial charge in [0, 0.05) is 0 Å². The van der Waals surface area contributed by atoms with Crippen molar-refractivity contribution >= 4 is 34.3 Å². The molecule has 0 fully saturated rings. The van der Waals surface area contributed by atoms with Crippen LogP contribution in [0.5, 0.6) is 0 Å². The summed E-state index contributed by atoms with van der Waals surface area (Å²) in [5.41, 5.74) is 0. The number of alkyl halides is 1. The van der Waals surface area contributed by atoms with Gasteiger partial charge in [0.1, 0.15) is 0 Å². The fraction of sp³-hybridized carbons (Fsp3) is 0.867. The molecule has 0 aromatic heterocycles. The fourth-order valence-electron chi connectivity index (χ4n) is 2.59. The van der Waals surface area contributed by atoms with Crippen molar-refractivity contribution in [1.29, 1.82) is 0 Å². The van der Waals surface area contributed by atoms with E-state index in [1.54, 1.807) is 16.9 Å². The molecule has 0 radical (unpaired) electrons. The summed E-state index contributed by atoms with van der Waals surface area (Å²) in [7, 11) is 0. The molecule has 0 atom stereocenters. The van der Waals surface area contributed by atoms with Crippen LogP contribution < -0.4 is 0 Å². The Morgan fingerprint density at radius 2 is 1.24 bits per heavy atom. The average molecular weight is 410 g/mol. The molecule has 2 heteroatoms. The van der Waals surface area contributed by atoms with Crippen molar-refractivity contribution in [2.75, 3.05) is 5.33 Å². The monoisotopic (exact) mass is 410 g/mol. The number of hydrogen-bond donors (Lipinski definition) is 0. The first kappa shape index (κ1) is 18.0. The van der Waals surface area contributed by atoms with Crippen molar-refractivity contribution in [3.8, 4) is 0 Å². The summed E-state index contributed by atoms with van der Waals surface area (Å²) < 4.78 is 6.30. The first-order valence-electron chi connectivity index (χ1n) is 7.41. The zero-order valence-electron chi connectivity index (χ0n) is 12.2. The van der Waals surface area contributed by atoms with E-state index in [0.717, 1.165) is 5.33 Å². The van der Waals surface area contributed by atoms with Crippen molar-refractivity contribution in [3.63, 3.8) is 0 Å². The number of hydrogen-bond acceptors (Lipinski definition) is 0. The van der Waals surface area contributed by atoms with E-state index in [4.69, 9.17) is 0 Å². The normalized spacial score (nSPS) is 11.8. The van der Waals surface area contributed by atoms with Crippen LogP contribution in [0.15, 0.2) is 10.2 Å². The predicted octanol–water partition coefficient (Wildman–Crippen LogP) is 6.33. The maximum absolute atomic E-state index is 4.45. The summed E-state index contributed by atoms with van der Waals surface area (Å²) in [6.07, 6.45) is 8.38. The molecular formula is C15H31BrSn. The van der Waals surface area contributed by atoms with Gasteiger partial charge in [-0.2, -0.15) is 0 Å². The van der Waals surface area contributed by atoms with Crippen LogP contribution in [0.2, 0.25) is 13.3 Å². The Bertz CT molecular complexity index is 179. The Labute approximate surface area is 122 Å². The summed E-state index contributed by atoms with van der Waals surface area (Å²) in [6, 6.07) is 0. The van der Waals surface area contributed by atoms with Crippen LogP contribution in [-0.2, 0) is 0 Å². The Morgan fingerprint density at radius 3 is 1.47 bits per heavy atom. The van der Waals surface area contributed by atoms with Crippen molar-refractivity contribution in [2.45, 2.75) is 72.6 Å². The Kier molecular flexibility index (Phi) is 11.6. The standard InChI is InChI=1S/3C4H9.C3H4Br.Sn/c3*1-3-4-2;1-2-3-4;/h3*1,3-4H2,2H3;1,3H2;. The molecule has 0 rings (SSSR count). The zero-order valence-corrected chi connectivity index (χ0v) is 16.6. The van der Waals surface area contributed by atoms with Crippen LogP contribution in [0.3, 0.4) is 0 Å². The van der Waals surface area contributed by atoms with E-state index in [1.807, 2.05) is 0 Å². The van der Waals surface area contributed by atoms with Crippen LogP contribution in [-0.4, -0.2) is 23.7 Å². The van der Waals surface area contributed by atoms with Gasteiger partial charge in [-0.05, 0) is 0 Å². The van der Waals surface area contributed by atoms with E-state index in [2.05, 4.69) is 43.3 Å². The Hall–Kier alpha value is 1.02. The Balaban J connectivity index is 4.70. The quantitative estimate of drug-likeness (QED) is 0.276. The molecule has 0 N–H and O–H groups in total. The molecule has 0 saturated carbocycles. The first-order chi connectivity index (χ1) is 8.16. The molecule has 0 aliphatic rings. The van der Waals surface area contributed by atoms with E-state index in [0.29, 0.717) is 0 Å². The second-order valence-corrected chi connectivity index (χ2v) is 19.5. The van der Waals surface area contributed by atoms with Crippen molar-refractivity contribution in [3.05, 3.63) is 10.2 Å². The second kappa shape index (κ2) is 10.9. The summed E-state index contributed by atoms with van der Waals surface area (Å²) in [5.74, 6) is 0. The van der Waals surface area contributed by atoms with E-state index < -0.39 is 18.4 Å². The predicted molar refractivity (Wildman–Crippen MR) is 87.8 cm³/mol. The molecule has 0 aliphatic heterocycles. The van der Waals surface area contributed by atoms with Gasteiger partial charge in [-0.25, -0.2) is 0 Å². The third-order valence-corrected chi connectivity index (χ3v) is 22.1. The van der Waals surface area contributed by atoms with Gasteiger partial charge < -0.3 is 0 Å². The third-order valence-electron chi connectivity index (χ3n) is 3.94. The Morgan fingerprint density at radius 1 is 0.882 bits per heavy atom. The van der Waals surface area contributed by atoms with Gasteiger partial charge in [0.15, 0.2) is 0 Å². The molecule has 0 nitrogen and oxygen atoms in total. The van der Waals surface area contributed by atoms with E-state index >= 15 is 0 Å². The minimum absolute atomic E-state index is 1.07. The van der Waals surface area contributed by atoms with Gasteiger partial charge in [-0.3, -0.25) is 0 Å². The van der Waals surface area contributed by atoms with Crippen molar-refractivity contribution < 1.29 is 0 Å². The summed E-state index contributed by atoms with van der Waals surface area (Å²) in [6.45, 7) is 11.4. The van der Waals surface area contributed by atoms with Crippen LogP contribution >= 0.6 is 15.9 Å². The van der Waals surface area contributed by atoms with Gasteiger partial charge in [0.05, 0.1) is 0 Å². The van der Waals surface area contributed by atoms with Crippen LogP contribution in [0, 0.1) is 0 Å². The van der Waals surface area contributed by atoms with E-state index in [1.165, 1.54) is 38.5 Å². The van der Waals surface area contributed by atoms with Gasteiger partial charge in [0.2, 0.25) is 0 Å². The number of halogens is 1. The summed E-state index contributed by atoms with van der Waals surface area (Å²) in [5, 5.41) is 1.07. The molecule has 0 aliphatic carbocycles. The summed E-state index contributed by atoms with van der Waals surface area (Å²) in [4.78, 5) is 0. The molecular weight excluding hydrogens is 379 g/mol. The van der Waals surface area contributed by atoms with E-state index in [-0.39, 0.29) is 0 Å². The van der Waals surface area contributed by atoms with Gasteiger partial charge in [-0.15, -0.1) is 0 Å². The topological polar surface area (TPSA) is 0 Å². The van der Waals surface area contributed by atoms with Gasteiger partial charge in [0.25, 0.3) is 0 Å². The molecule has 0 saturated heterocycles.